The van der Waals surface area contributed by atoms with Crippen LogP contribution in [0.5, 0.6) is 11.5 Å². The van der Waals surface area contributed by atoms with Crippen molar-refractivity contribution in [1.82, 2.24) is 5.43 Å². The molecule has 0 unspecified atom stereocenters. The van der Waals surface area contributed by atoms with E-state index < -0.39 is 5.97 Å². The molecule has 0 spiro atoms. The van der Waals surface area contributed by atoms with Crippen molar-refractivity contribution in [3.63, 3.8) is 0 Å². The summed E-state index contributed by atoms with van der Waals surface area (Å²) in [5, 5.41) is 8.27. The average Bonchev–Trinajstić information content (AvgIpc) is 2.75. The van der Waals surface area contributed by atoms with Crippen LogP contribution in [0, 0.1) is 0 Å². The summed E-state index contributed by atoms with van der Waals surface area (Å²) in [5.74, 6) is 0.0454. The van der Waals surface area contributed by atoms with Crippen molar-refractivity contribution in [2.45, 2.75) is 0 Å². The van der Waals surface area contributed by atoms with Crippen LogP contribution in [0.15, 0.2) is 71.8 Å². The van der Waals surface area contributed by atoms with Gasteiger partial charge in [-0.05, 0) is 66.3 Å². The third kappa shape index (κ3) is 6.42. The molecule has 0 aliphatic heterocycles. The van der Waals surface area contributed by atoms with E-state index in [-0.39, 0.29) is 11.3 Å². The highest BCUT2D eigenvalue weighted by atomic mass is 35.5. The zero-order valence-corrected chi connectivity index (χ0v) is 18.6. The van der Waals surface area contributed by atoms with E-state index in [1.54, 1.807) is 60.8 Å². The van der Waals surface area contributed by atoms with E-state index >= 15 is 0 Å². The molecule has 0 saturated heterocycles. The Balaban J connectivity index is 1.63. The molecule has 3 aromatic rings. The largest absolute Gasteiger partial charge is 0.493 e. The van der Waals surface area contributed by atoms with Crippen molar-refractivity contribution in [1.29, 1.82) is 0 Å². The molecule has 0 heterocycles. The maximum Gasteiger partial charge on any atom is 0.345 e. The van der Waals surface area contributed by atoms with Crippen LogP contribution in [-0.4, -0.2) is 24.4 Å². The monoisotopic (exact) mass is 473 g/mol. The second-order valence-electron chi connectivity index (χ2n) is 6.11. The Hall–Kier alpha value is -3.13. The lowest BCUT2D eigenvalue weighted by Crippen LogP contribution is -2.23. The van der Waals surface area contributed by atoms with Gasteiger partial charge >= 0.3 is 5.97 Å². The number of rotatable bonds is 6. The van der Waals surface area contributed by atoms with Gasteiger partial charge in [0, 0.05) is 10.7 Å². The van der Waals surface area contributed by atoms with Crippen LogP contribution in [0.4, 0.5) is 5.69 Å². The zero-order chi connectivity index (χ0) is 22.2. The number of ether oxygens (including phenoxy) is 2. The van der Waals surface area contributed by atoms with E-state index in [0.717, 1.165) is 5.69 Å². The number of anilines is 1. The summed E-state index contributed by atoms with van der Waals surface area (Å²) in [4.78, 5) is 12.4. The van der Waals surface area contributed by atoms with Crippen LogP contribution < -0.4 is 20.2 Å². The first-order chi connectivity index (χ1) is 15.0. The first kappa shape index (κ1) is 22.6. The van der Waals surface area contributed by atoms with E-state index in [2.05, 4.69) is 15.8 Å². The SMILES string of the molecule is COc1cc(/C=N/NC(=S)Nc2cccc(Cl)c2)ccc1OC(=O)c1ccccc1Cl. The highest BCUT2D eigenvalue weighted by molar-refractivity contribution is 7.80. The number of methoxy groups -OCH3 is 1. The Labute approximate surface area is 194 Å². The normalized spacial score (nSPS) is 10.5. The van der Waals surface area contributed by atoms with Crippen LogP contribution in [0.3, 0.4) is 0 Å². The molecule has 0 saturated carbocycles. The van der Waals surface area contributed by atoms with E-state index in [0.29, 0.717) is 26.5 Å². The molecule has 0 aliphatic carbocycles. The number of carbonyl (C=O) groups excluding carboxylic acids is 1. The molecule has 0 fully saturated rings. The number of hydrazone groups is 1. The molecule has 6 nitrogen and oxygen atoms in total. The minimum atomic E-state index is -0.579. The van der Waals surface area contributed by atoms with Crippen LogP contribution in [-0.2, 0) is 0 Å². The third-order valence-electron chi connectivity index (χ3n) is 3.95. The lowest BCUT2D eigenvalue weighted by atomic mass is 10.2. The Morgan fingerprint density at radius 3 is 2.58 bits per heavy atom. The molecule has 158 valence electrons. The van der Waals surface area contributed by atoms with Crippen LogP contribution in [0.1, 0.15) is 15.9 Å². The number of esters is 1. The lowest BCUT2D eigenvalue weighted by Gasteiger charge is -2.10. The number of nitrogens with zero attached hydrogens (tertiary/aromatic N) is 1. The van der Waals surface area contributed by atoms with Gasteiger partial charge in [-0.25, -0.2) is 4.79 Å². The fraction of sp³-hybridized carbons (Fsp3) is 0.0455. The van der Waals surface area contributed by atoms with E-state index in [1.165, 1.54) is 7.11 Å². The van der Waals surface area contributed by atoms with Gasteiger partial charge in [-0.1, -0.05) is 41.4 Å². The van der Waals surface area contributed by atoms with Gasteiger partial charge in [-0.15, -0.1) is 0 Å². The van der Waals surface area contributed by atoms with Gasteiger partial charge in [-0.2, -0.15) is 5.10 Å². The summed E-state index contributed by atoms with van der Waals surface area (Å²) in [7, 11) is 1.48. The minimum absolute atomic E-state index is 0.260. The Kier molecular flexibility index (Phi) is 7.83. The predicted octanol–water partition coefficient (Wildman–Crippen LogP) is 5.54. The first-order valence-electron chi connectivity index (χ1n) is 8.96. The van der Waals surface area contributed by atoms with E-state index in [4.69, 9.17) is 44.9 Å². The standard InChI is InChI=1S/C22H17Cl2N3O3S/c1-29-20-11-14(13-25-27-22(31)26-16-6-4-5-15(23)12-16)9-10-19(20)30-21(28)17-7-2-3-8-18(17)24/h2-13H,1H3,(H2,26,27,31)/b25-13+. The predicted molar refractivity (Wildman–Crippen MR) is 128 cm³/mol. The van der Waals surface area contributed by atoms with Gasteiger partial charge in [0.15, 0.2) is 16.6 Å². The van der Waals surface area contributed by atoms with Crippen molar-refractivity contribution < 1.29 is 14.3 Å². The smallest absolute Gasteiger partial charge is 0.345 e. The van der Waals surface area contributed by atoms with Gasteiger partial charge in [0.25, 0.3) is 0 Å². The van der Waals surface area contributed by atoms with Gasteiger partial charge in [0.05, 0.1) is 23.9 Å². The number of hydrogen-bond acceptors (Lipinski definition) is 5. The summed E-state index contributed by atoms with van der Waals surface area (Å²) in [5.41, 5.74) is 4.43. The maximum absolute atomic E-state index is 12.4. The molecule has 2 N–H and O–H groups in total. The van der Waals surface area contributed by atoms with Crippen LogP contribution in [0.25, 0.3) is 0 Å². The van der Waals surface area contributed by atoms with Crippen LogP contribution >= 0.6 is 35.4 Å². The molecule has 0 aromatic heterocycles. The lowest BCUT2D eigenvalue weighted by molar-refractivity contribution is 0.0730. The molecule has 0 atom stereocenters. The molecular weight excluding hydrogens is 457 g/mol. The Morgan fingerprint density at radius 2 is 1.84 bits per heavy atom. The van der Waals surface area contributed by atoms with Crippen molar-refractivity contribution in [2.24, 2.45) is 5.10 Å². The summed E-state index contributed by atoms with van der Waals surface area (Å²) < 4.78 is 10.8. The number of nitrogens with one attached hydrogen (secondary N) is 2. The zero-order valence-electron chi connectivity index (χ0n) is 16.3. The topological polar surface area (TPSA) is 71.9 Å². The number of benzene rings is 3. The summed E-state index contributed by atoms with van der Waals surface area (Å²) in [6.07, 6.45) is 1.55. The first-order valence-corrected chi connectivity index (χ1v) is 10.1. The van der Waals surface area contributed by atoms with E-state index in [1.807, 2.05) is 12.1 Å². The van der Waals surface area contributed by atoms with Crippen molar-refractivity contribution in [3.8, 4) is 11.5 Å². The molecule has 0 radical (unpaired) electrons. The number of hydrogen-bond donors (Lipinski definition) is 2. The molecule has 0 aliphatic rings. The maximum atomic E-state index is 12.4. The number of halogens is 2. The summed E-state index contributed by atoms with van der Waals surface area (Å²) >= 11 is 17.2. The fourth-order valence-electron chi connectivity index (χ4n) is 2.52. The number of thiocarbonyl (C=S) groups is 1. The average molecular weight is 474 g/mol. The van der Waals surface area contributed by atoms with Gasteiger partial charge in [-0.3, -0.25) is 5.43 Å². The summed E-state index contributed by atoms with van der Waals surface area (Å²) in [6.45, 7) is 0. The number of carbonyl (C=O) groups is 1. The molecule has 0 bridgehead atoms. The molecule has 9 heteroatoms. The Morgan fingerprint density at radius 1 is 1.03 bits per heavy atom. The quantitative estimate of drug-likeness (QED) is 0.161. The van der Waals surface area contributed by atoms with Gasteiger partial charge in [0.2, 0.25) is 0 Å². The second kappa shape index (κ2) is 10.8. The van der Waals surface area contributed by atoms with Gasteiger partial charge < -0.3 is 14.8 Å². The fourth-order valence-corrected chi connectivity index (χ4v) is 3.09. The molecular formula is C22H17Cl2N3O3S. The third-order valence-corrected chi connectivity index (χ3v) is 4.70. The van der Waals surface area contributed by atoms with Gasteiger partial charge in [0.1, 0.15) is 0 Å². The van der Waals surface area contributed by atoms with Crippen molar-refractivity contribution in [3.05, 3.63) is 87.9 Å². The van der Waals surface area contributed by atoms with Crippen LogP contribution in [0.2, 0.25) is 10.0 Å². The van der Waals surface area contributed by atoms with E-state index in [9.17, 15) is 4.79 Å². The highest BCUT2D eigenvalue weighted by Crippen LogP contribution is 2.29. The second-order valence-corrected chi connectivity index (χ2v) is 7.37. The molecule has 3 rings (SSSR count). The summed E-state index contributed by atoms with van der Waals surface area (Å²) in [6, 6.07) is 18.8. The molecule has 31 heavy (non-hydrogen) atoms. The molecule has 3 aromatic carbocycles. The van der Waals surface area contributed by atoms with Crippen molar-refractivity contribution in [2.75, 3.05) is 12.4 Å². The molecule has 0 amide bonds. The minimum Gasteiger partial charge on any atom is -0.493 e. The highest BCUT2D eigenvalue weighted by Gasteiger charge is 2.15. The Bertz CT molecular complexity index is 1140. The van der Waals surface area contributed by atoms with Crippen molar-refractivity contribution >= 4 is 58.4 Å².